The minimum Gasteiger partial charge on any atom is -0.309 e. The number of aromatic nitrogens is 3. The molecule has 0 spiro atoms. The highest BCUT2D eigenvalue weighted by Gasteiger charge is 2.18. The topological polar surface area (TPSA) is 70.3 Å². The highest BCUT2D eigenvalue weighted by molar-refractivity contribution is 7.25. The van der Waals surface area contributed by atoms with Gasteiger partial charge >= 0.3 is 0 Å². The van der Waals surface area contributed by atoms with Gasteiger partial charge in [-0.15, -0.1) is 11.3 Å². The van der Waals surface area contributed by atoms with Gasteiger partial charge in [0.05, 0.1) is 51.5 Å². The summed E-state index contributed by atoms with van der Waals surface area (Å²) in [7, 11) is 0. The normalized spacial score (nSPS) is 11.6. The van der Waals surface area contributed by atoms with Crippen molar-refractivity contribution in [2.45, 2.75) is 0 Å². The van der Waals surface area contributed by atoms with Crippen LogP contribution in [0.1, 0.15) is 11.1 Å². The van der Waals surface area contributed by atoms with E-state index >= 15 is 0 Å². The molecule has 6 aromatic carbocycles. The maximum atomic E-state index is 10.2. The van der Waals surface area contributed by atoms with Crippen LogP contribution >= 0.6 is 11.3 Å². The number of benzene rings is 6. The molecule has 0 aliphatic heterocycles. The van der Waals surface area contributed by atoms with E-state index in [0.29, 0.717) is 11.1 Å². The molecule has 0 aliphatic rings. The molecule has 0 fully saturated rings. The Hall–Kier alpha value is -6.73. The van der Waals surface area contributed by atoms with Crippen molar-refractivity contribution in [1.29, 1.82) is 10.5 Å². The molecule has 49 heavy (non-hydrogen) atoms. The molecule has 6 heteroatoms. The summed E-state index contributed by atoms with van der Waals surface area (Å²) >= 11 is 1.82. The Balaban J connectivity index is 1.19. The highest BCUT2D eigenvalue weighted by atomic mass is 32.1. The van der Waals surface area contributed by atoms with Gasteiger partial charge in [-0.25, -0.2) is 0 Å². The molecule has 0 saturated carbocycles. The van der Waals surface area contributed by atoms with Gasteiger partial charge in [0.2, 0.25) is 0 Å². The molecule has 0 atom stereocenters. The summed E-state index contributed by atoms with van der Waals surface area (Å²) in [5.74, 6) is 0. The number of pyridine rings is 1. The Morgan fingerprint density at radius 3 is 2.12 bits per heavy atom. The molecule has 5 nitrogen and oxygen atoms in total. The molecule has 0 bridgehead atoms. The minimum absolute atomic E-state index is 0.575. The standard InChI is InChI=1S/C43H23N5S/c44-23-26-12-13-39-35(18-26)32-8-1-3-10-38(32)48(39)31-17-27(24-45)16-29(20-31)28-6-5-7-30(19-28)47-40-22-43-37(34-9-2-4-11-42(34)49-43)21-36(40)33-14-15-46-25-41(33)47/h1-22,25H. The lowest BCUT2D eigenvalue weighted by molar-refractivity contribution is 1.16. The van der Waals surface area contributed by atoms with Crippen molar-refractivity contribution in [3.63, 3.8) is 0 Å². The van der Waals surface area contributed by atoms with Crippen LogP contribution in [0, 0.1) is 22.7 Å². The van der Waals surface area contributed by atoms with Crippen LogP contribution in [0.5, 0.6) is 0 Å². The van der Waals surface area contributed by atoms with Crippen LogP contribution in [0.3, 0.4) is 0 Å². The van der Waals surface area contributed by atoms with Gasteiger partial charge in [-0.3, -0.25) is 4.98 Å². The first-order valence-electron chi connectivity index (χ1n) is 16.0. The number of rotatable bonds is 3. The number of nitrogens with zero attached hydrogens (tertiary/aromatic N) is 5. The number of thiophene rings is 1. The minimum atomic E-state index is 0.575. The van der Waals surface area contributed by atoms with Crippen LogP contribution in [0.25, 0.3) is 86.3 Å². The third-order valence-corrected chi connectivity index (χ3v) is 10.7. The number of para-hydroxylation sites is 1. The van der Waals surface area contributed by atoms with Crippen molar-refractivity contribution in [3.8, 4) is 34.6 Å². The number of nitriles is 2. The Bertz CT molecular complexity index is 3090. The van der Waals surface area contributed by atoms with Gasteiger partial charge in [-0.05, 0) is 90.0 Å². The highest BCUT2D eigenvalue weighted by Crippen LogP contribution is 2.41. The van der Waals surface area contributed by atoms with Crippen molar-refractivity contribution in [2.75, 3.05) is 0 Å². The number of hydrogen-bond acceptors (Lipinski definition) is 4. The third-order valence-electron chi connectivity index (χ3n) is 9.61. The van der Waals surface area contributed by atoms with Crippen molar-refractivity contribution in [3.05, 3.63) is 151 Å². The summed E-state index contributed by atoms with van der Waals surface area (Å²) in [4.78, 5) is 4.53. The molecule has 0 amide bonds. The second-order valence-electron chi connectivity index (χ2n) is 12.3. The molecule has 0 unspecified atom stereocenters. The van der Waals surface area contributed by atoms with Crippen LogP contribution in [0.15, 0.2) is 140 Å². The van der Waals surface area contributed by atoms with Crippen LogP contribution in [0.4, 0.5) is 0 Å². The molecule has 0 N–H and O–H groups in total. The zero-order valence-electron chi connectivity index (χ0n) is 25.9. The van der Waals surface area contributed by atoms with Crippen molar-refractivity contribution in [1.82, 2.24) is 14.1 Å². The fourth-order valence-corrected chi connectivity index (χ4v) is 8.60. The summed E-state index contributed by atoms with van der Waals surface area (Å²) in [6.45, 7) is 0. The average Bonchev–Trinajstić information content (AvgIpc) is 3.80. The van der Waals surface area contributed by atoms with Crippen molar-refractivity contribution < 1.29 is 0 Å². The average molecular weight is 642 g/mol. The summed E-state index contributed by atoms with van der Waals surface area (Å²) in [6, 6.07) is 48.6. The Morgan fingerprint density at radius 1 is 0.469 bits per heavy atom. The quantitative estimate of drug-likeness (QED) is 0.193. The Labute approximate surface area is 284 Å². The van der Waals surface area contributed by atoms with E-state index in [0.717, 1.165) is 60.7 Å². The zero-order chi connectivity index (χ0) is 32.6. The van der Waals surface area contributed by atoms with E-state index in [-0.39, 0.29) is 0 Å². The smallest absolute Gasteiger partial charge is 0.0992 e. The van der Waals surface area contributed by atoms with E-state index in [1.807, 2.05) is 66.2 Å². The Kier molecular flexibility index (Phi) is 5.81. The lowest BCUT2D eigenvalue weighted by Crippen LogP contribution is -1.97. The van der Waals surface area contributed by atoms with Gasteiger partial charge in [0.1, 0.15) is 0 Å². The van der Waals surface area contributed by atoms with E-state index in [9.17, 15) is 10.5 Å². The van der Waals surface area contributed by atoms with Gasteiger partial charge in [0.25, 0.3) is 0 Å². The molecule has 4 heterocycles. The summed E-state index contributed by atoms with van der Waals surface area (Å²) < 4.78 is 7.03. The van der Waals surface area contributed by atoms with Gasteiger partial charge in [0.15, 0.2) is 0 Å². The molecule has 10 rings (SSSR count). The maximum Gasteiger partial charge on any atom is 0.0992 e. The van der Waals surface area contributed by atoms with Gasteiger partial charge in [0, 0.05) is 59.3 Å². The van der Waals surface area contributed by atoms with Crippen LogP contribution in [-0.2, 0) is 0 Å². The van der Waals surface area contributed by atoms with Crippen molar-refractivity contribution in [2.24, 2.45) is 0 Å². The van der Waals surface area contributed by atoms with Gasteiger partial charge in [-0.2, -0.15) is 10.5 Å². The van der Waals surface area contributed by atoms with Crippen molar-refractivity contribution >= 4 is 75.1 Å². The first-order chi connectivity index (χ1) is 24.2. The van der Waals surface area contributed by atoms with Crippen LogP contribution in [0.2, 0.25) is 0 Å². The Morgan fingerprint density at radius 2 is 1.22 bits per heavy atom. The lowest BCUT2D eigenvalue weighted by atomic mass is 10.0. The van der Waals surface area contributed by atoms with Crippen LogP contribution < -0.4 is 0 Å². The largest absolute Gasteiger partial charge is 0.309 e. The molecular weight excluding hydrogens is 619 g/mol. The molecule has 4 aromatic heterocycles. The molecule has 0 aliphatic carbocycles. The third kappa shape index (κ3) is 4.06. The fraction of sp³-hybridized carbons (Fsp3) is 0. The first-order valence-corrected chi connectivity index (χ1v) is 16.8. The molecule has 0 saturated heterocycles. The van der Waals surface area contributed by atoms with E-state index in [2.05, 4.69) is 111 Å². The van der Waals surface area contributed by atoms with E-state index in [4.69, 9.17) is 0 Å². The van der Waals surface area contributed by atoms with E-state index in [1.165, 1.54) is 25.6 Å². The maximum absolute atomic E-state index is 10.2. The van der Waals surface area contributed by atoms with E-state index in [1.54, 1.807) is 0 Å². The lowest BCUT2D eigenvalue weighted by Gasteiger charge is -2.13. The first kappa shape index (κ1) is 27.4. The van der Waals surface area contributed by atoms with Crippen LogP contribution in [-0.4, -0.2) is 14.1 Å². The zero-order valence-corrected chi connectivity index (χ0v) is 26.7. The fourth-order valence-electron chi connectivity index (χ4n) is 7.48. The monoisotopic (exact) mass is 641 g/mol. The molecule has 0 radical (unpaired) electrons. The molecule has 10 aromatic rings. The SMILES string of the molecule is N#Cc1cc(-c2cccc(-n3c4cnccc4c4cc5c(cc43)sc3ccccc35)c2)cc(-n2c3ccccc3c3cc(C#N)ccc32)c1. The summed E-state index contributed by atoms with van der Waals surface area (Å²) in [5.41, 5.74) is 9.24. The predicted octanol–water partition coefficient (Wildman–Crippen LogP) is 11.1. The second-order valence-corrected chi connectivity index (χ2v) is 13.4. The van der Waals surface area contributed by atoms with Gasteiger partial charge < -0.3 is 9.13 Å². The molecular formula is C43H23N5S. The second kappa shape index (κ2) is 10.4. The number of hydrogen-bond donors (Lipinski definition) is 0. The predicted molar refractivity (Wildman–Crippen MR) is 201 cm³/mol. The summed E-state index contributed by atoms with van der Waals surface area (Å²) in [5, 5.41) is 26.8. The van der Waals surface area contributed by atoms with Gasteiger partial charge in [-0.1, -0.05) is 48.5 Å². The molecule has 226 valence electrons. The number of fused-ring (bicyclic) bond motifs is 9. The van der Waals surface area contributed by atoms with E-state index < -0.39 is 0 Å². The summed E-state index contributed by atoms with van der Waals surface area (Å²) in [6.07, 6.45) is 3.81.